The van der Waals surface area contributed by atoms with Crippen LogP contribution in [0.2, 0.25) is 0 Å². The molecule has 7 heteroatoms. The Hall–Kier alpha value is -2.18. The molecule has 0 bridgehead atoms. The Morgan fingerprint density at radius 3 is 2.75 bits per heavy atom. The molecule has 1 unspecified atom stereocenters. The van der Waals surface area contributed by atoms with Gasteiger partial charge >= 0.3 is 0 Å². The molecule has 3 N–H and O–H groups in total. The molecular formula is C17H23ClN4O2. The van der Waals surface area contributed by atoms with Gasteiger partial charge in [0, 0.05) is 35.5 Å². The summed E-state index contributed by atoms with van der Waals surface area (Å²) < 4.78 is 0. The van der Waals surface area contributed by atoms with Crippen molar-refractivity contribution in [2.45, 2.75) is 20.3 Å². The summed E-state index contributed by atoms with van der Waals surface area (Å²) in [6, 6.07) is 8.79. The molecule has 0 aliphatic carbocycles. The Bertz CT molecular complexity index is 745. The van der Waals surface area contributed by atoms with Gasteiger partial charge in [0.05, 0.1) is 0 Å². The molecule has 2 rings (SSSR count). The summed E-state index contributed by atoms with van der Waals surface area (Å²) in [5, 5.41) is 5.86. The highest BCUT2D eigenvalue weighted by Crippen LogP contribution is 2.19. The van der Waals surface area contributed by atoms with Crippen LogP contribution in [0, 0.1) is 5.92 Å². The van der Waals surface area contributed by atoms with Crippen molar-refractivity contribution in [1.29, 1.82) is 0 Å². The lowest BCUT2D eigenvalue weighted by atomic mass is 10.1. The van der Waals surface area contributed by atoms with Crippen molar-refractivity contribution >= 4 is 24.0 Å². The number of rotatable bonds is 6. The molecule has 1 atom stereocenters. The van der Waals surface area contributed by atoms with Crippen molar-refractivity contribution in [3.05, 3.63) is 46.4 Å². The number of anilines is 1. The summed E-state index contributed by atoms with van der Waals surface area (Å²) in [5.41, 5.74) is 2.00. The maximum atomic E-state index is 12.1. The number of aryl methyl sites for hydroxylation is 1. The number of aromatic amines is 1. The van der Waals surface area contributed by atoms with Crippen LogP contribution in [0.5, 0.6) is 0 Å². The van der Waals surface area contributed by atoms with E-state index < -0.39 is 0 Å². The molecule has 1 amide bonds. The van der Waals surface area contributed by atoms with Crippen LogP contribution in [0.3, 0.4) is 0 Å². The highest BCUT2D eigenvalue weighted by Gasteiger charge is 2.12. The predicted octanol–water partition coefficient (Wildman–Crippen LogP) is 2.22. The molecule has 0 aliphatic rings. The highest BCUT2D eigenvalue weighted by atomic mass is 35.5. The highest BCUT2D eigenvalue weighted by molar-refractivity contribution is 5.93. The van der Waals surface area contributed by atoms with Gasteiger partial charge in [0.25, 0.3) is 5.56 Å². The van der Waals surface area contributed by atoms with Crippen LogP contribution >= 0.6 is 12.4 Å². The summed E-state index contributed by atoms with van der Waals surface area (Å²) in [7, 11) is 1.81. The van der Waals surface area contributed by atoms with Crippen LogP contribution in [-0.2, 0) is 11.2 Å². The minimum atomic E-state index is -0.177. The number of carbonyl (C=O) groups excluding carboxylic acids is 1. The third-order valence-electron chi connectivity index (χ3n) is 3.52. The Kier molecular flexibility index (Phi) is 7.61. The zero-order valence-corrected chi connectivity index (χ0v) is 14.9. The van der Waals surface area contributed by atoms with Crippen molar-refractivity contribution in [2.24, 2.45) is 5.92 Å². The van der Waals surface area contributed by atoms with Crippen molar-refractivity contribution in [3.8, 4) is 11.4 Å². The molecule has 6 nitrogen and oxygen atoms in total. The maximum Gasteiger partial charge on any atom is 0.251 e. The number of amides is 1. The van der Waals surface area contributed by atoms with E-state index >= 15 is 0 Å². The Labute approximate surface area is 147 Å². The second-order valence-corrected chi connectivity index (χ2v) is 5.47. The van der Waals surface area contributed by atoms with E-state index in [1.54, 1.807) is 0 Å². The molecule has 0 fully saturated rings. The lowest BCUT2D eigenvalue weighted by molar-refractivity contribution is -0.119. The van der Waals surface area contributed by atoms with Gasteiger partial charge in [0.1, 0.15) is 5.82 Å². The summed E-state index contributed by atoms with van der Waals surface area (Å²) in [4.78, 5) is 30.9. The maximum absolute atomic E-state index is 12.1. The average molecular weight is 351 g/mol. The third kappa shape index (κ3) is 5.18. The van der Waals surface area contributed by atoms with Crippen LogP contribution in [0.1, 0.15) is 19.5 Å². The van der Waals surface area contributed by atoms with Gasteiger partial charge in [-0.1, -0.05) is 26.0 Å². The minimum absolute atomic E-state index is 0. The molecule has 0 saturated carbocycles. The number of nitrogens with zero attached hydrogens (tertiary/aromatic N) is 1. The van der Waals surface area contributed by atoms with E-state index in [1.165, 1.54) is 6.07 Å². The quantitative estimate of drug-likeness (QED) is 0.745. The van der Waals surface area contributed by atoms with Crippen molar-refractivity contribution < 1.29 is 4.79 Å². The molecule has 0 spiro atoms. The topological polar surface area (TPSA) is 86.9 Å². The van der Waals surface area contributed by atoms with Gasteiger partial charge in [-0.3, -0.25) is 9.59 Å². The Morgan fingerprint density at radius 2 is 2.08 bits per heavy atom. The predicted molar refractivity (Wildman–Crippen MR) is 98.6 cm³/mol. The van der Waals surface area contributed by atoms with E-state index in [9.17, 15) is 9.59 Å². The van der Waals surface area contributed by atoms with Gasteiger partial charge in [-0.25, -0.2) is 4.98 Å². The van der Waals surface area contributed by atoms with Crippen LogP contribution < -0.4 is 16.2 Å². The second-order valence-electron chi connectivity index (χ2n) is 5.47. The molecule has 1 aromatic heterocycles. The summed E-state index contributed by atoms with van der Waals surface area (Å²) in [6.07, 6.45) is 0.689. The first-order chi connectivity index (χ1) is 11.0. The zero-order valence-electron chi connectivity index (χ0n) is 14.1. The van der Waals surface area contributed by atoms with Gasteiger partial charge in [-0.15, -0.1) is 12.4 Å². The third-order valence-corrected chi connectivity index (χ3v) is 3.52. The Morgan fingerprint density at radius 1 is 1.33 bits per heavy atom. The summed E-state index contributed by atoms with van der Waals surface area (Å²) >= 11 is 0. The lowest BCUT2D eigenvalue weighted by Crippen LogP contribution is -2.28. The SMILES string of the molecule is CCc1cc(=O)[nH]c(-c2cccc(NC(=O)C(C)CNC)c2)n1.Cl. The van der Waals surface area contributed by atoms with Gasteiger partial charge in [0.2, 0.25) is 5.91 Å². The molecule has 0 aliphatic heterocycles. The number of hydrogen-bond acceptors (Lipinski definition) is 4. The molecule has 0 saturated heterocycles. The fourth-order valence-electron chi connectivity index (χ4n) is 2.23. The summed E-state index contributed by atoms with van der Waals surface area (Å²) in [5.74, 6) is 0.319. The van der Waals surface area contributed by atoms with E-state index in [0.717, 1.165) is 11.3 Å². The van der Waals surface area contributed by atoms with E-state index in [-0.39, 0.29) is 29.8 Å². The number of carbonyl (C=O) groups is 1. The number of aromatic nitrogens is 2. The van der Waals surface area contributed by atoms with Crippen molar-refractivity contribution in [2.75, 3.05) is 18.9 Å². The fourth-order valence-corrected chi connectivity index (χ4v) is 2.23. The number of hydrogen-bond donors (Lipinski definition) is 3. The van der Waals surface area contributed by atoms with E-state index in [2.05, 4.69) is 20.6 Å². The van der Waals surface area contributed by atoms with Gasteiger partial charge in [-0.05, 0) is 25.6 Å². The number of nitrogens with one attached hydrogen (secondary N) is 3. The van der Waals surface area contributed by atoms with Crippen LogP contribution in [-0.4, -0.2) is 29.5 Å². The first-order valence-corrected chi connectivity index (χ1v) is 7.69. The molecule has 130 valence electrons. The van der Waals surface area contributed by atoms with Gasteiger partial charge in [0.15, 0.2) is 0 Å². The second kappa shape index (κ2) is 9.20. The normalized spacial score (nSPS) is 11.5. The summed E-state index contributed by atoms with van der Waals surface area (Å²) in [6.45, 7) is 4.42. The van der Waals surface area contributed by atoms with E-state index in [1.807, 2.05) is 45.2 Å². The van der Waals surface area contributed by atoms with Gasteiger partial charge < -0.3 is 15.6 Å². The number of benzene rings is 1. The minimum Gasteiger partial charge on any atom is -0.326 e. The largest absolute Gasteiger partial charge is 0.326 e. The van der Waals surface area contributed by atoms with Crippen LogP contribution in [0.4, 0.5) is 5.69 Å². The molecule has 2 aromatic rings. The average Bonchev–Trinajstić information content (AvgIpc) is 2.54. The molecule has 0 radical (unpaired) electrons. The lowest BCUT2D eigenvalue weighted by Gasteiger charge is -2.12. The zero-order chi connectivity index (χ0) is 16.8. The fraction of sp³-hybridized carbons (Fsp3) is 0.353. The van der Waals surface area contributed by atoms with Crippen LogP contribution in [0.15, 0.2) is 35.1 Å². The van der Waals surface area contributed by atoms with Gasteiger partial charge in [-0.2, -0.15) is 0 Å². The number of H-pyrrole nitrogens is 1. The molecular weight excluding hydrogens is 328 g/mol. The number of halogens is 1. The first-order valence-electron chi connectivity index (χ1n) is 7.69. The molecule has 1 aromatic carbocycles. The molecule has 1 heterocycles. The smallest absolute Gasteiger partial charge is 0.251 e. The van der Waals surface area contributed by atoms with Crippen LogP contribution in [0.25, 0.3) is 11.4 Å². The van der Waals surface area contributed by atoms with Crippen molar-refractivity contribution in [1.82, 2.24) is 15.3 Å². The monoisotopic (exact) mass is 350 g/mol. The van der Waals surface area contributed by atoms with E-state index in [4.69, 9.17) is 0 Å². The first kappa shape index (κ1) is 19.9. The molecule has 24 heavy (non-hydrogen) atoms. The van der Waals surface area contributed by atoms with E-state index in [0.29, 0.717) is 24.5 Å². The standard InChI is InChI=1S/C17H22N4O2.ClH/c1-4-13-9-15(22)21-16(19-13)12-6-5-7-14(8-12)20-17(23)11(2)10-18-3;/h5-9,11,18H,4,10H2,1-3H3,(H,20,23)(H,19,21,22);1H. The Balaban J connectivity index is 0.00000288. The van der Waals surface area contributed by atoms with Crippen molar-refractivity contribution in [3.63, 3.8) is 0 Å².